The summed E-state index contributed by atoms with van der Waals surface area (Å²) >= 11 is 6.07. The molecule has 0 spiro atoms. The fourth-order valence-corrected chi connectivity index (χ4v) is 3.10. The van der Waals surface area contributed by atoms with Gasteiger partial charge in [0.2, 0.25) is 5.88 Å². The first-order chi connectivity index (χ1) is 15.3. The van der Waals surface area contributed by atoms with Gasteiger partial charge in [-0.25, -0.2) is 14.4 Å². The summed E-state index contributed by atoms with van der Waals surface area (Å²) in [6, 6.07) is 10.9. The minimum absolute atomic E-state index is 0.0673. The molecule has 0 saturated carbocycles. The van der Waals surface area contributed by atoms with Gasteiger partial charge >= 0.3 is 6.18 Å². The number of rotatable bonds is 5. The molecule has 0 atom stereocenters. The number of pyridine rings is 1. The van der Waals surface area contributed by atoms with E-state index in [1.165, 1.54) is 31.4 Å². The minimum atomic E-state index is -4.51. The molecule has 1 N–H and O–H groups in total. The second kappa shape index (κ2) is 8.46. The van der Waals surface area contributed by atoms with Gasteiger partial charge in [0.05, 0.1) is 23.3 Å². The molecule has 11 heteroatoms. The van der Waals surface area contributed by atoms with Crippen LogP contribution in [0.5, 0.6) is 17.4 Å². The lowest BCUT2D eigenvalue weighted by atomic mass is 10.2. The summed E-state index contributed by atoms with van der Waals surface area (Å²) < 4.78 is 63.2. The van der Waals surface area contributed by atoms with E-state index in [0.717, 1.165) is 12.1 Å². The van der Waals surface area contributed by atoms with Crippen LogP contribution in [0.3, 0.4) is 0 Å². The van der Waals surface area contributed by atoms with Gasteiger partial charge in [-0.1, -0.05) is 17.7 Å². The molecular formula is C21H13ClF4N4O2. The largest absolute Gasteiger partial charge is 0.493 e. The molecule has 164 valence electrons. The van der Waals surface area contributed by atoms with Gasteiger partial charge in [0.15, 0.2) is 23.1 Å². The maximum Gasteiger partial charge on any atom is 0.417 e. The lowest BCUT2D eigenvalue weighted by Crippen LogP contribution is -2.05. The van der Waals surface area contributed by atoms with Crippen LogP contribution >= 0.6 is 11.6 Å². The van der Waals surface area contributed by atoms with Crippen LogP contribution in [0.15, 0.2) is 54.7 Å². The zero-order valence-electron chi connectivity index (χ0n) is 16.2. The molecular weight excluding hydrogens is 452 g/mol. The number of aromatic nitrogens is 4. The molecule has 2 aromatic heterocycles. The first-order valence-electron chi connectivity index (χ1n) is 9.02. The number of nitrogens with zero attached hydrogens (tertiary/aromatic N) is 3. The summed E-state index contributed by atoms with van der Waals surface area (Å²) in [5, 5.41) is 6.90. The Morgan fingerprint density at radius 2 is 1.84 bits per heavy atom. The van der Waals surface area contributed by atoms with Crippen molar-refractivity contribution in [2.75, 3.05) is 7.11 Å². The molecule has 4 rings (SSSR count). The van der Waals surface area contributed by atoms with Gasteiger partial charge in [-0.3, -0.25) is 5.10 Å². The molecule has 0 bridgehead atoms. The SMILES string of the molecule is COc1ccc(-c2n[nH]c(-c3c(F)cccc3Cl)n2)cc1Oc1ccc(C(F)(F)F)cn1. The molecule has 0 fully saturated rings. The minimum Gasteiger partial charge on any atom is -0.493 e. The third-order valence-corrected chi connectivity index (χ3v) is 4.70. The van der Waals surface area contributed by atoms with Gasteiger partial charge in [-0.15, -0.1) is 0 Å². The Hall–Kier alpha value is -3.66. The highest BCUT2D eigenvalue weighted by atomic mass is 35.5. The highest BCUT2D eigenvalue weighted by Gasteiger charge is 2.30. The average Bonchev–Trinajstić information content (AvgIpc) is 3.23. The average molecular weight is 465 g/mol. The van der Waals surface area contributed by atoms with Crippen molar-refractivity contribution in [3.63, 3.8) is 0 Å². The summed E-state index contributed by atoms with van der Waals surface area (Å²) in [7, 11) is 1.41. The number of aromatic amines is 1. The van der Waals surface area contributed by atoms with Crippen molar-refractivity contribution in [3.8, 4) is 40.2 Å². The zero-order chi connectivity index (χ0) is 22.9. The monoisotopic (exact) mass is 464 g/mol. The van der Waals surface area contributed by atoms with E-state index in [1.807, 2.05) is 0 Å². The standard InChI is InChI=1S/C21H13ClF4N4O2/c1-31-15-7-5-11(9-16(15)32-17-8-6-12(10-27-17)21(24,25)26)19-28-20(30-29-19)18-13(22)3-2-4-14(18)23/h2-10H,1H3,(H,28,29,30). The number of ether oxygens (including phenoxy) is 2. The van der Waals surface area contributed by atoms with E-state index in [-0.39, 0.29) is 33.9 Å². The van der Waals surface area contributed by atoms with Crippen molar-refractivity contribution >= 4 is 11.6 Å². The van der Waals surface area contributed by atoms with E-state index in [2.05, 4.69) is 20.2 Å². The van der Waals surface area contributed by atoms with Crippen LogP contribution in [0.1, 0.15) is 5.56 Å². The number of benzene rings is 2. The van der Waals surface area contributed by atoms with Gasteiger partial charge in [0.1, 0.15) is 5.82 Å². The van der Waals surface area contributed by atoms with Crippen LogP contribution in [0.25, 0.3) is 22.8 Å². The first-order valence-corrected chi connectivity index (χ1v) is 9.40. The van der Waals surface area contributed by atoms with Crippen LogP contribution in [0.4, 0.5) is 17.6 Å². The zero-order valence-corrected chi connectivity index (χ0v) is 17.0. The molecule has 0 unspecified atom stereocenters. The molecule has 0 saturated heterocycles. The number of H-pyrrole nitrogens is 1. The number of methoxy groups -OCH3 is 1. The van der Waals surface area contributed by atoms with E-state index < -0.39 is 17.6 Å². The molecule has 0 amide bonds. The smallest absolute Gasteiger partial charge is 0.417 e. The Bertz CT molecular complexity index is 1240. The Balaban J connectivity index is 1.65. The number of hydrogen-bond acceptors (Lipinski definition) is 5. The van der Waals surface area contributed by atoms with Crippen molar-refractivity contribution < 1.29 is 27.0 Å². The molecule has 4 aromatic rings. The van der Waals surface area contributed by atoms with E-state index in [9.17, 15) is 17.6 Å². The van der Waals surface area contributed by atoms with Gasteiger partial charge < -0.3 is 9.47 Å². The van der Waals surface area contributed by atoms with Crippen LogP contribution in [0, 0.1) is 5.82 Å². The van der Waals surface area contributed by atoms with Crippen molar-refractivity contribution in [2.45, 2.75) is 6.18 Å². The summed E-state index contributed by atoms with van der Waals surface area (Å²) in [5.74, 6) is 0.198. The van der Waals surface area contributed by atoms with Gasteiger partial charge in [0, 0.05) is 17.8 Å². The second-order valence-electron chi connectivity index (χ2n) is 6.45. The second-order valence-corrected chi connectivity index (χ2v) is 6.86. The Morgan fingerprint density at radius 3 is 2.50 bits per heavy atom. The third kappa shape index (κ3) is 4.35. The first kappa shape index (κ1) is 21.6. The Morgan fingerprint density at radius 1 is 1.03 bits per heavy atom. The van der Waals surface area contributed by atoms with Crippen LogP contribution in [-0.4, -0.2) is 27.3 Å². The topological polar surface area (TPSA) is 72.9 Å². The van der Waals surface area contributed by atoms with E-state index in [0.29, 0.717) is 17.5 Å². The predicted molar refractivity (Wildman–Crippen MR) is 108 cm³/mol. The maximum absolute atomic E-state index is 14.2. The molecule has 0 aliphatic carbocycles. The highest BCUT2D eigenvalue weighted by molar-refractivity contribution is 6.33. The van der Waals surface area contributed by atoms with E-state index >= 15 is 0 Å². The Kier molecular flexibility index (Phi) is 5.70. The van der Waals surface area contributed by atoms with E-state index in [1.54, 1.807) is 12.1 Å². The van der Waals surface area contributed by atoms with Crippen LogP contribution < -0.4 is 9.47 Å². The van der Waals surface area contributed by atoms with Crippen molar-refractivity contribution in [1.29, 1.82) is 0 Å². The summed E-state index contributed by atoms with van der Waals surface area (Å²) in [6.45, 7) is 0. The molecule has 0 aliphatic heterocycles. The lowest BCUT2D eigenvalue weighted by molar-refractivity contribution is -0.137. The third-order valence-electron chi connectivity index (χ3n) is 4.38. The number of nitrogens with one attached hydrogen (secondary N) is 1. The molecule has 2 heterocycles. The molecule has 0 aliphatic rings. The fourth-order valence-electron chi connectivity index (χ4n) is 2.84. The Labute approximate surface area is 183 Å². The lowest BCUT2D eigenvalue weighted by Gasteiger charge is -2.11. The van der Waals surface area contributed by atoms with Crippen molar-refractivity contribution in [2.24, 2.45) is 0 Å². The summed E-state index contributed by atoms with van der Waals surface area (Å²) in [6.07, 6.45) is -3.83. The van der Waals surface area contributed by atoms with Crippen LogP contribution in [-0.2, 0) is 6.18 Å². The molecule has 32 heavy (non-hydrogen) atoms. The predicted octanol–water partition coefficient (Wildman–Crippen LogP) is 6.15. The number of hydrogen-bond donors (Lipinski definition) is 1. The van der Waals surface area contributed by atoms with Gasteiger partial charge in [0.25, 0.3) is 0 Å². The maximum atomic E-state index is 14.2. The van der Waals surface area contributed by atoms with Crippen molar-refractivity contribution in [3.05, 3.63) is 71.1 Å². The fraction of sp³-hybridized carbons (Fsp3) is 0.0952. The van der Waals surface area contributed by atoms with E-state index in [4.69, 9.17) is 21.1 Å². The molecule has 2 aromatic carbocycles. The normalized spacial score (nSPS) is 11.4. The quantitative estimate of drug-likeness (QED) is 0.359. The summed E-state index contributed by atoms with van der Waals surface area (Å²) in [4.78, 5) is 7.98. The van der Waals surface area contributed by atoms with Gasteiger partial charge in [-0.05, 0) is 36.4 Å². The van der Waals surface area contributed by atoms with Crippen molar-refractivity contribution in [1.82, 2.24) is 20.2 Å². The summed E-state index contributed by atoms with van der Waals surface area (Å²) in [5.41, 5.74) is -0.347. The number of halogens is 5. The number of alkyl halides is 3. The van der Waals surface area contributed by atoms with Gasteiger partial charge in [-0.2, -0.15) is 18.3 Å². The van der Waals surface area contributed by atoms with Crippen LogP contribution in [0.2, 0.25) is 5.02 Å². The molecule has 6 nitrogen and oxygen atoms in total. The highest BCUT2D eigenvalue weighted by Crippen LogP contribution is 2.36. The molecule has 0 radical (unpaired) electrons.